The van der Waals surface area contributed by atoms with Crippen LogP contribution >= 0.6 is 0 Å². The zero-order valence-electron chi connectivity index (χ0n) is 14.7. The summed E-state index contributed by atoms with van der Waals surface area (Å²) in [5.74, 6) is 0. The van der Waals surface area contributed by atoms with Gasteiger partial charge in [-0.3, -0.25) is 4.90 Å². The van der Waals surface area contributed by atoms with Crippen LogP contribution in [0, 0.1) is 0 Å². The zero-order chi connectivity index (χ0) is 16.9. The highest BCUT2D eigenvalue weighted by Gasteiger charge is 2.22. The highest BCUT2D eigenvalue weighted by Crippen LogP contribution is 2.20. The molecule has 1 fully saturated rings. The van der Waals surface area contributed by atoms with E-state index in [0.717, 1.165) is 39.0 Å². The van der Waals surface area contributed by atoms with Crippen LogP contribution in [-0.2, 0) is 12.8 Å². The summed E-state index contributed by atoms with van der Waals surface area (Å²) in [6.07, 6.45) is 2.25. The van der Waals surface area contributed by atoms with Crippen LogP contribution in [0.2, 0.25) is 0 Å². The van der Waals surface area contributed by atoms with E-state index in [9.17, 15) is 0 Å². The smallest absolute Gasteiger partial charge is 0.0261 e. The van der Waals surface area contributed by atoms with Gasteiger partial charge in [0.1, 0.15) is 0 Å². The predicted molar refractivity (Wildman–Crippen MR) is 106 cm³/mol. The Morgan fingerprint density at radius 2 is 1.68 bits per heavy atom. The van der Waals surface area contributed by atoms with Gasteiger partial charge in [0.15, 0.2) is 0 Å². The number of nitrogens with zero attached hydrogens (tertiary/aromatic N) is 1. The molecule has 0 aliphatic carbocycles. The summed E-state index contributed by atoms with van der Waals surface area (Å²) in [5.41, 5.74) is 2.90. The van der Waals surface area contributed by atoms with Crippen molar-refractivity contribution in [3.63, 3.8) is 0 Å². The average molecular weight is 330 g/mol. The first kappa shape index (κ1) is 16.3. The SMILES string of the molecule is c1ccc(C[C@H]2CNCCN2CCc2cccc3ccccc23)cc1. The van der Waals surface area contributed by atoms with Gasteiger partial charge in [-0.2, -0.15) is 0 Å². The molecule has 0 aromatic heterocycles. The lowest BCUT2D eigenvalue weighted by atomic mass is 10.00. The Hall–Kier alpha value is -2.16. The van der Waals surface area contributed by atoms with Crippen LogP contribution in [0.4, 0.5) is 0 Å². The molecule has 2 nitrogen and oxygen atoms in total. The number of benzene rings is 3. The Morgan fingerprint density at radius 3 is 2.60 bits per heavy atom. The summed E-state index contributed by atoms with van der Waals surface area (Å²) in [6.45, 7) is 4.46. The molecule has 1 aliphatic rings. The van der Waals surface area contributed by atoms with Crippen molar-refractivity contribution in [1.29, 1.82) is 0 Å². The summed E-state index contributed by atoms with van der Waals surface area (Å²) in [6, 6.07) is 26.9. The minimum Gasteiger partial charge on any atom is -0.314 e. The second-order valence-electron chi connectivity index (χ2n) is 6.97. The van der Waals surface area contributed by atoms with Gasteiger partial charge in [-0.15, -0.1) is 0 Å². The van der Waals surface area contributed by atoms with Crippen molar-refractivity contribution in [2.75, 3.05) is 26.2 Å². The highest BCUT2D eigenvalue weighted by atomic mass is 15.2. The van der Waals surface area contributed by atoms with Crippen molar-refractivity contribution in [1.82, 2.24) is 10.2 Å². The molecule has 0 bridgehead atoms. The third-order valence-electron chi connectivity index (χ3n) is 5.33. The molecule has 0 radical (unpaired) electrons. The van der Waals surface area contributed by atoms with E-state index in [4.69, 9.17) is 0 Å². The topological polar surface area (TPSA) is 15.3 Å². The second-order valence-corrected chi connectivity index (χ2v) is 6.97. The van der Waals surface area contributed by atoms with Crippen molar-refractivity contribution in [3.05, 3.63) is 83.9 Å². The Kier molecular flexibility index (Phi) is 5.10. The number of hydrogen-bond donors (Lipinski definition) is 1. The van der Waals surface area contributed by atoms with E-state index in [1.54, 1.807) is 0 Å². The number of fused-ring (bicyclic) bond motifs is 1. The zero-order valence-corrected chi connectivity index (χ0v) is 14.7. The molecule has 0 amide bonds. The van der Waals surface area contributed by atoms with Crippen LogP contribution in [0.3, 0.4) is 0 Å². The molecule has 1 heterocycles. The normalized spacial score (nSPS) is 18.5. The average Bonchev–Trinajstić information content (AvgIpc) is 2.68. The third-order valence-corrected chi connectivity index (χ3v) is 5.33. The van der Waals surface area contributed by atoms with Gasteiger partial charge < -0.3 is 5.32 Å². The fraction of sp³-hybridized carbons (Fsp3) is 0.304. The maximum absolute atomic E-state index is 3.57. The minimum absolute atomic E-state index is 0.589. The summed E-state index contributed by atoms with van der Waals surface area (Å²) < 4.78 is 0. The molecule has 4 rings (SSSR count). The Balaban J connectivity index is 1.46. The summed E-state index contributed by atoms with van der Waals surface area (Å²) in [4.78, 5) is 2.67. The molecule has 25 heavy (non-hydrogen) atoms. The molecule has 0 unspecified atom stereocenters. The Labute approximate surface area is 150 Å². The van der Waals surface area contributed by atoms with Gasteiger partial charge >= 0.3 is 0 Å². The monoisotopic (exact) mass is 330 g/mol. The van der Waals surface area contributed by atoms with Gasteiger partial charge in [-0.1, -0.05) is 72.8 Å². The number of nitrogens with one attached hydrogen (secondary N) is 1. The van der Waals surface area contributed by atoms with Crippen LogP contribution in [0.5, 0.6) is 0 Å². The molecule has 1 atom stereocenters. The van der Waals surface area contributed by atoms with Crippen LogP contribution in [0.25, 0.3) is 10.8 Å². The molecular formula is C23H26N2. The number of rotatable bonds is 5. The summed E-state index contributed by atoms with van der Waals surface area (Å²) in [7, 11) is 0. The van der Waals surface area contributed by atoms with Gasteiger partial charge in [0, 0.05) is 32.2 Å². The largest absolute Gasteiger partial charge is 0.314 e. The van der Waals surface area contributed by atoms with E-state index in [1.165, 1.54) is 21.9 Å². The lowest BCUT2D eigenvalue weighted by Crippen LogP contribution is -2.52. The van der Waals surface area contributed by atoms with Crippen LogP contribution in [0.15, 0.2) is 72.8 Å². The fourth-order valence-corrected chi connectivity index (χ4v) is 3.96. The first-order chi connectivity index (χ1) is 12.4. The molecule has 1 N–H and O–H groups in total. The molecule has 0 saturated carbocycles. The molecule has 3 aromatic carbocycles. The van der Waals surface area contributed by atoms with Crippen molar-refractivity contribution in [2.24, 2.45) is 0 Å². The number of hydrogen-bond acceptors (Lipinski definition) is 2. The first-order valence-electron chi connectivity index (χ1n) is 9.35. The first-order valence-corrected chi connectivity index (χ1v) is 9.35. The van der Waals surface area contributed by atoms with E-state index in [2.05, 4.69) is 83.0 Å². The van der Waals surface area contributed by atoms with E-state index in [0.29, 0.717) is 6.04 Å². The summed E-state index contributed by atoms with van der Waals surface area (Å²) >= 11 is 0. The molecule has 1 saturated heterocycles. The van der Waals surface area contributed by atoms with Crippen molar-refractivity contribution in [2.45, 2.75) is 18.9 Å². The Morgan fingerprint density at radius 1 is 0.880 bits per heavy atom. The van der Waals surface area contributed by atoms with Gasteiger partial charge in [-0.25, -0.2) is 0 Å². The quantitative estimate of drug-likeness (QED) is 0.763. The Bertz CT molecular complexity index is 807. The maximum Gasteiger partial charge on any atom is 0.0261 e. The highest BCUT2D eigenvalue weighted by molar-refractivity contribution is 5.85. The predicted octanol–water partition coefficient (Wildman–Crippen LogP) is 3.90. The van der Waals surface area contributed by atoms with Gasteiger partial charge in [0.25, 0.3) is 0 Å². The molecule has 3 aromatic rings. The molecule has 2 heteroatoms. The van der Waals surface area contributed by atoms with Gasteiger partial charge in [0.2, 0.25) is 0 Å². The number of piperazine rings is 1. The van der Waals surface area contributed by atoms with Crippen molar-refractivity contribution in [3.8, 4) is 0 Å². The van der Waals surface area contributed by atoms with Crippen LogP contribution < -0.4 is 5.32 Å². The van der Waals surface area contributed by atoms with E-state index in [1.807, 2.05) is 0 Å². The lowest BCUT2D eigenvalue weighted by Gasteiger charge is -2.36. The van der Waals surface area contributed by atoms with Crippen LogP contribution in [0.1, 0.15) is 11.1 Å². The maximum atomic E-state index is 3.57. The van der Waals surface area contributed by atoms with Crippen molar-refractivity contribution < 1.29 is 0 Å². The third kappa shape index (κ3) is 3.92. The van der Waals surface area contributed by atoms with Crippen molar-refractivity contribution >= 4 is 10.8 Å². The molecule has 128 valence electrons. The molecule has 1 aliphatic heterocycles. The van der Waals surface area contributed by atoms with Gasteiger partial charge in [-0.05, 0) is 34.7 Å². The lowest BCUT2D eigenvalue weighted by molar-refractivity contribution is 0.162. The second kappa shape index (κ2) is 7.81. The standard InChI is InChI=1S/C23H26N2/c1-2-7-19(8-3-1)17-22-18-24-14-16-25(22)15-13-21-11-6-10-20-9-4-5-12-23(20)21/h1-12,22,24H,13-18H2/t22-/m0/s1. The van der Waals surface area contributed by atoms with E-state index in [-0.39, 0.29) is 0 Å². The van der Waals surface area contributed by atoms with Gasteiger partial charge in [0.05, 0.1) is 0 Å². The molecular weight excluding hydrogens is 304 g/mol. The summed E-state index contributed by atoms with van der Waals surface area (Å²) in [5, 5.41) is 6.32. The van der Waals surface area contributed by atoms with Crippen LogP contribution in [-0.4, -0.2) is 37.1 Å². The van der Waals surface area contributed by atoms with E-state index < -0.39 is 0 Å². The molecule has 0 spiro atoms. The minimum atomic E-state index is 0.589. The van der Waals surface area contributed by atoms with E-state index >= 15 is 0 Å². The fourth-order valence-electron chi connectivity index (χ4n) is 3.96.